The molecule has 1 fully saturated rings. The lowest BCUT2D eigenvalue weighted by atomic mass is 10.1. The quantitative estimate of drug-likeness (QED) is 0.501. The molecule has 35 heavy (non-hydrogen) atoms. The molecule has 1 saturated heterocycles. The molecule has 0 aliphatic carbocycles. The molecule has 1 aliphatic heterocycles. The van der Waals surface area contributed by atoms with Crippen LogP contribution in [0.25, 0.3) is 0 Å². The lowest BCUT2D eigenvalue weighted by Crippen LogP contribution is -2.27. The molecule has 0 saturated carbocycles. The molecule has 1 N–H and O–H groups in total. The highest BCUT2D eigenvalue weighted by Gasteiger charge is 2.31. The second kappa shape index (κ2) is 10.1. The van der Waals surface area contributed by atoms with E-state index in [9.17, 15) is 18.0 Å². The van der Waals surface area contributed by atoms with Crippen LogP contribution in [-0.2, 0) is 26.6 Å². The molecule has 3 aromatic rings. The molecule has 1 aromatic heterocycles. The van der Waals surface area contributed by atoms with E-state index in [1.165, 1.54) is 21.1 Å². The van der Waals surface area contributed by atoms with E-state index in [1.807, 2.05) is 32.0 Å². The Hall–Kier alpha value is -3.43. The summed E-state index contributed by atoms with van der Waals surface area (Å²) < 4.78 is 34.4. The summed E-state index contributed by atoms with van der Waals surface area (Å²) in [6.07, 6.45) is 1.81. The fourth-order valence-corrected chi connectivity index (χ4v) is 5.87. The average molecular weight is 496 g/mol. The lowest BCUT2D eigenvalue weighted by Gasteiger charge is -2.18. The summed E-state index contributed by atoms with van der Waals surface area (Å²) in [7, 11) is -2.12. The third kappa shape index (κ3) is 5.47. The molecule has 9 heteroatoms. The van der Waals surface area contributed by atoms with Crippen molar-refractivity contribution < 1.29 is 22.7 Å². The number of nitrogens with one attached hydrogen (secondary N) is 1. The van der Waals surface area contributed by atoms with E-state index in [0.717, 1.165) is 24.0 Å². The molecule has 184 valence electrons. The molecule has 0 unspecified atom stereocenters. The fourth-order valence-electron chi connectivity index (χ4n) is 4.28. The van der Waals surface area contributed by atoms with E-state index in [0.29, 0.717) is 24.3 Å². The van der Waals surface area contributed by atoms with Crippen molar-refractivity contribution in [3.8, 4) is 0 Å². The number of nitrogens with zero attached hydrogens (tertiary/aromatic N) is 2. The van der Waals surface area contributed by atoms with Gasteiger partial charge in [-0.2, -0.15) is 4.31 Å². The minimum atomic E-state index is -3.69. The second-order valence-corrected chi connectivity index (χ2v) is 10.8. The van der Waals surface area contributed by atoms with Gasteiger partial charge in [0.2, 0.25) is 16.1 Å². The molecule has 0 radical (unpaired) electrons. The lowest BCUT2D eigenvalue weighted by molar-refractivity contribution is -0.125. The van der Waals surface area contributed by atoms with Crippen molar-refractivity contribution in [3.05, 3.63) is 83.2 Å². The summed E-state index contributed by atoms with van der Waals surface area (Å²) in [6.45, 7) is 4.79. The van der Waals surface area contributed by atoms with Gasteiger partial charge in [0, 0.05) is 37.6 Å². The van der Waals surface area contributed by atoms with Crippen molar-refractivity contribution in [1.29, 1.82) is 0 Å². The molecular weight excluding hydrogens is 466 g/mol. The van der Waals surface area contributed by atoms with Gasteiger partial charge in [0.05, 0.1) is 0 Å². The van der Waals surface area contributed by atoms with Crippen LogP contribution in [0.3, 0.4) is 0 Å². The van der Waals surface area contributed by atoms with Crippen LogP contribution in [0.15, 0.2) is 65.7 Å². The predicted molar refractivity (Wildman–Crippen MR) is 133 cm³/mol. The molecule has 1 aliphatic rings. The molecule has 1 amide bonds. The third-order valence-electron chi connectivity index (χ3n) is 5.95. The number of amides is 1. The van der Waals surface area contributed by atoms with Crippen LogP contribution in [0.5, 0.6) is 0 Å². The number of anilines is 1. The zero-order valence-corrected chi connectivity index (χ0v) is 20.8. The maximum atomic E-state index is 13.2. The first-order chi connectivity index (χ1) is 16.6. The summed E-state index contributed by atoms with van der Waals surface area (Å²) in [6, 6.07) is 15.7. The van der Waals surface area contributed by atoms with E-state index in [1.54, 1.807) is 37.4 Å². The molecule has 0 spiro atoms. The Morgan fingerprint density at radius 2 is 1.60 bits per heavy atom. The van der Waals surface area contributed by atoms with E-state index in [4.69, 9.17) is 4.74 Å². The second-order valence-electron chi connectivity index (χ2n) is 8.84. The summed E-state index contributed by atoms with van der Waals surface area (Å²) in [5.41, 5.74) is 3.13. The van der Waals surface area contributed by atoms with Gasteiger partial charge in [0.15, 0.2) is 0 Å². The van der Waals surface area contributed by atoms with Gasteiger partial charge in [-0.05, 0) is 56.0 Å². The van der Waals surface area contributed by atoms with Crippen molar-refractivity contribution in [2.24, 2.45) is 7.05 Å². The Balaban J connectivity index is 1.59. The van der Waals surface area contributed by atoms with Crippen LogP contribution >= 0.6 is 0 Å². The maximum Gasteiger partial charge on any atom is 0.356 e. The standard InChI is InChI=1S/C26H29N3O5S/c1-18-13-19(2)15-21(14-18)27-25(30)24(20-9-5-4-6-10-20)34-26(31)23-16-22(17-28(23)3)35(32,33)29-11-7-8-12-29/h4-6,9-10,13-17,24H,7-8,11-12H2,1-3H3,(H,27,30)/t24-/m0/s1. The zero-order valence-electron chi connectivity index (χ0n) is 20.0. The van der Waals surface area contributed by atoms with Crippen molar-refractivity contribution in [2.75, 3.05) is 18.4 Å². The average Bonchev–Trinajstić information content (AvgIpc) is 3.48. The molecule has 8 nitrogen and oxygen atoms in total. The number of aryl methyl sites for hydroxylation is 3. The Labute approximate surface area is 205 Å². The van der Waals surface area contributed by atoms with Gasteiger partial charge in [0.25, 0.3) is 5.91 Å². The Bertz CT molecular complexity index is 1320. The van der Waals surface area contributed by atoms with Gasteiger partial charge in [-0.15, -0.1) is 0 Å². The Morgan fingerprint density at radius 1 is 0.971 bits per heavy atom. The maximum absolute atomic E-state index is 13.2. The van der Waals surface area contributed by atoms with E-state index in [2.05, 4.69) is 5.32 Å². The zero-order chi connectivity index (χ0) is 25.2. The number of rotatable bonds is 7. The van der Waals surface area contributed by atoms with E-state index in [-0.39, 0.29) is 10.6 Å². The summed E-state index contributed by atoms with van der Waals surface area (Å²) in [5, 5.41) is 2.83. The number of benzene rings is 2. The Morgan fingerprint density at radius 3 is 2.23 bits per heavy atom. The predicted octanol–water partition coefficient (Wildman–Crippen LogP) is 3.96. The van der Waals surface area contributed by atoms with Crippen LogP contribution in [0.2, 0.25) is 0 Å². The largest absolute Gasteiger partial charge is 0.443 e. The minimum Gasteiger partial charge on any atom is -0.443 e. The van der Waals surface area contributed by atoms with Gasteiger partial charge >= 0.3 is 5.97 Å². The third-order valence-corrected chi connectivity index (χ3v) is 7.81. The highest BCUT2D eigenvalue weighted by molar-refractivity contribution is 7.89. The highest BCUT2D eigenvalue weighted by Crippen LogP contribution is 2.26. The SMILES string of the molecule is Cc1cc(C)cc(NC(=O)[C@@H](OC(=O)c2cc(S(=O)(=O)N3CCCC3)cn2C)c2ccccc2)c1. The molecule has 0 bridgehead atoms. The number of sulfonamides is 1. The first kappa shape index (κ1) is 24.7. The number of carbonyl (C=O) groups excluding carboxylic acids is 2. The monoisotopic (exact) mass is 495 g/mol. The van der Waals surface area contributed by atoms with Crippen LogP contribution in [0.4, 0.5) is 5.69 Å². The van der Waals surface area contributed by atoms with Gasteiger partial charge in [-0.3, -0.25) is 4.79 Å². The first-order valence-electron chi connectivity index (χ1n) is 11.5. The van der Waals surface area contributed by atoms with Crippen molar-refractivity contribution in [1.82, 2.24) is 8.87 Å². The highest BCUT2D eigenvalue weighted by atomic mass is 32.2. The Kier molecular flexibility index (Phi) is 7.09. The first-order valence-corrected chi connectivity index (χ1v) is 12.9. The molecule has 1 atom stereocenters. The summed E-state index contributed by atoms with van der Waals surface area (Å²) in [5.74, 6) is -1.30. The van der Waals surface area contributed by atoms with Crippen LogP contribution in [-0.4, -0.2) is 42.3 Å². The van der Waals surface area contributed by atoms with Crippen LogP contribution < -0.4 is 5.32 Å². The smallest absolute Gasteiger partial charge is 0.356 e. The normalized spacial score (nSPS) is 15.1. The number of aromatic nitrogens is 1. The molecule has 2 aromatic carbocycles. The number of hydrogen-bond acceptors (Lipinski definition) is 5. The van der Waals surface area contributed by atoms with Crippen molar-refractivity contribution in [2.45, 2.75) is 37.7 Å². The van der Waals surface area contributed by atoms with Gasteiger partial charge in [-0.1, -0.05) is 36.4 Å². The topological polar surface area (TPSA) is 97.7 Å². The van der Waals surface area contributed by atoms with Gasteiger partial charge in [-0.25, -0.2) is 13.2 Å². The van der Waals surface area contributed by atoms with Crippen molar-refractivity contribution in [3.63, 3.8) is 0 Å². The molecule has 4 rings (SSSR count). The summed E-state index contributed by atoms with van der Waals surface area (Å²) in [4.78, 5) is 26.4. The van der Waals surface area contributed by atoms with E-state index >= 15 is 0 Å². The van der Waals surface area contributed by atoms with Crippen LogP contribution in [0.1, 0.15) is 46.1 Å². The fraction of sp³-hybridized carbons (Fsp3) is 0.308. The van der Waals surface area contributed by atoms with Crippen LogP contribution in [0, 0.1) is 13.8 Å². The minimum absolute atomic E-state index is 0.0322. The van der Waals surface area contributed by atoms with Gasteiger partial charge < -0.3 is 14.6 Å². The number of hydrogen-bond donors (Lipinski definition) is 1. The number of esters is 1. The number of ether oxygens (including phenoxy) is 1. The summed E-state index contributed by atoms with van der Waals surface area (Å²) >= 11 is 0. The molecular formula is C26H29N3O5S. The molecule has 2 heterocycles. The van der Waals surface area contributed by atoms with E-state index < -0.39 is 28.0 Å². The van der Waals surface area contributed by atoms with Gasteiger partial charge in [0.1, 0.15) is 10.6 Å². The van der Waals surface area contributed by atoms with Crippen molar-refractivity contribution >= 4 is 27.6 Å². The number of carbonyl (C=O) groups is 2.